The van der Waals surface area contributed by atoms with E-state index in [1.807, 2.05) is 6.07 Å². The molecule has 0 aromatic rings. The van der Waals surface area contributed by atoms with Crippen LogP contribution in [0.25, 0.3) is 0 Å². The highest BCUT2D eigenvalue weighted by Gasteiger charge is 2.07. The van der Waals surface area contributed by atoms with E-state index in [9.17, 15) is 4.79 Å². The van der Waals surface area contributed by atoms with Crippen molar-refractivity contribution in [2.75, 3.05) is 40.5 Å². The van der Waals surface area contributed by atoms with Gasteiger partial charge in [-0.15, -0.1) is 0 Å². The first-order valence-corrected chi connectivity index (χ1v) is 5.40. The third-order valence-corrected chi connectivity index (χ3v) is 2.08. The molecule has 0 spiro atoms. The van der Waals surface area contributed by atoms with Crippen LogP contribution in [0.2, 0.25) is 0 Å². The van der Waals surface area contributed by atoms with Gasteiger partial charge >= 0.3 is 0 Å². The standard InChI is InChI=1S/C11H20N2O3/c1-13(7-3-6-12)11(14)5-10-16-9-4-8-15-2/h3-5,7-10H2,1-2H3. The second-order valence-corrected chi connectivity index (χ2v) is 3.43. The fraction of sp³-hybridized carbons (Fsp3) is 0.818. The number of nitrogens with zero attached hydrogens (tertiary/aromatic N) is 2. The number of ether oxygens (including phenoxy) is 2. The summed E-state index contributed by atoms with van der Waals surface area (Å²) in [5.41, 5.74) is 0. The van der Waals surface area contributed by atoms with Crippen LogP contribution < -0.4 is 0 Å². The van der Waals surface area contributed by atoms with Gasteiger partial charge in [-0.1, -0.05) is 0 Å². The molecular weight excluding hydrogens is 208 g/mol. The first-order valence-electron chi connectivity index (χ1n) is 5.40. The number of nitriles is 1. The molecule has 0 radical (unpaired) electrons. The number of rotatable bonds is 9. The Balaban J connectivity index is 3.39. The van der Waals surface area contributed by atoms with Crippen molar-refractivity contribution < 1.29 is 14.3 Å². The minimum absolute atomic E-state index is 0.0157. The lowest BCUT2D eigenvalue weighted by Crippen LogP contribution is -2.28. The van der Waals surface area contributed by atoms with Crippen LogP contribution >= 0.6 is 0 Å². The molecule has 0 saturated carbocycles. The SMILES string of the molecule is COCCCOCCC(=O)N(C)CCC#N. The summed E-state index contributed by atoms with van der Waals surface area (Å²) in [7, 11) is 3.35. The van der Waals surface area contributed by atoms with E-state index in [-0.39, 0.29) is 5.91 Å². The Morgan fingerprint density at radius 1 is 1.38 bits per heavy atom. The second-order valence-electron chi connectivity index (χ2n) is 3.43. The van der Waals surface area contributed by atoms with Gasteiger partial charge in [0.25, 0.3) is 0 Å². The van der Waals surface area contributed by atoms with Crippen LogP contribution in [0.4, 0.5) is 0 Å². The highest BCUT2D eigenvalue weighted by Crippen LogP contribution is 1.94. The lowest BCUT2D eigenvalue weighted by atomic mass is 10.3. The molecule has 92 valence electrons. The molecule has 0 aliphatic carbocycles. The molecule has 0 aliphatic heterocycles. The lowest BCUT2D eigenvalue weighted by Gasteiger charge is -2.15. The van der Waals surface area contributed by atoms with Crippen molar-refractivity contribution in [3.8, 4) is 6.07 Å². The summed E-state index contributed by atoms with van der Waals surface area (Å²) in [4.78, 5) is 13.0. The van der Waals surface area contributed by atoms with Crippen molar-refractivity contribution in [2.24, 2.45) is 0 Å². The Labute approximate surface area is 96.9 Å². The second kappa shape index (κ2) is 10.4. The molecule has 0 aromatic carbocycles. The molecule has 5 heteroatoms. The average Bonchev–Trinajstić information content (AvgIpc) is 2.30. The number of methoxy groups -OCH3 is 1. The van der Waals surface area contributed by atoms with Crippen molar-refractivity contribution >= 4 is 5.91 Å². The highest BCUT2D eigenvalue weighted by molar-refractivity contribution is 5.75. The van der Waals surface area contributed by atoms with Gasteiger partial charge in [0.05, 0.1) is 25.5 Å². The fourth-order valence-electron chi connectivity index (χ4n) is 1.10. The van der Waals surface area contributed by atoms with Gasteiger partial charge in [-0.3, -0.25) is 4.79 Å². The van der Waals surface area contributed by atoms with E-state index in [1.165, 1.54) is 0 Å². The van der Waals surface area contributed by atoms with Crippen molar-refractivity contribution in [2.45, 2.75) is 19.3 Å². The number of amides is 1. The molecule has 0 N–H and O–H groups in total. The van der Waals surface area contributed by atoms with Gasteiger partial charge in [-0.05, 0) is 6.42 Å². The first kappa shape index (κ1) is 14.9. The number of carbonyl (C=O) groups excluding carboxylic acids is 1. The number of hydrogen-bond donors (Lipinski definition) is 0. The van der Waals surface area contributed by atoms with Crippen molar-refractivity contribution in [1.29, 1.82) is 5.26 Å². The topological polar surface area (TPSA) is 62.6 Å². The van der Waals surface area contributed by atoms with Crippen LogP contribution in [0.3, 0.4) is 0 Å². The molecule has 0 saturated heterocycles. The van der Waals surface area contributed by atoms with E-state index in [2.05, 4.69) is 0 Å². The maximum absolute atomic E-state index is 11.4. The van der Waals surface area contributed by atoms with Gasteiger partial charge in [-0.25, -0.2) is 0 Å². The molecule has 0 heterocycles. The minimum Gasteiger partial charge on any atom is -0.385 e. The summed E-state index contributed by atoms with van der Waals surface area (Å²) in [5.74, 6) is 0.0157. The van der Waals surface area contributed by atoms with E-state index in [4.69, 9.17) is 14.7 Å². The molecule has 0 aromatic heterocycles. The van der Waals surface area contributed by atoms with E-state index in [0.29, 0.717) is 39.2 Å². The molecule has 1 amide bonds. The van der Waals surface area contributed by atoms with Gasteiger partial charge in [0.15, 0.2) is 0 Å². The highest BCUT2D eigenvalue weighted by atomic mass is 16.5. The molecule has 5 nitrogen and oxygen atoms in total. The summed E-state index contributed by atoms with van der Waals surface area (Å²) >= 11 is 0. The zero-order valence-electron chi connectivity index (χ0n) is 10.1. The summed E-state index contributed by atoms with van der Waals surface area (Å²) in [6, 6.07) is 2.00. The molecule has 0 fully saturated rings. The lowest BCUT2D eigenvalue weighted by molar-refractivity contribution is -0.131. The predicted molar refractivity (Wildman–Crippen MR) is 59.8 cm³/mol. The Bertz CT molecular complexity index is 226. The summed E-state index contributed by atoms with van der Waals surface area (Å²) in [6.45, 7) is 2.21. The van der Waals surface area contributed by atoms with Crippen LogP contribution in [0.15, 0.2) is 0 Å². The van der Waals surface area contributed by atoms with Crippen molar-refractivity contribution in [3.63, 3.8) is 0 Å². The minimum atomic E-state index is 0.0157. The molecule has 0 rings (SSSR count). The normalized spacial score (nSPS) is 9.81. The van der Waals surface area contributed by atoms with Crippen molar-refractivity contribution in [1.82, 2.24) is 4.90 Å². The fourth-order valence-corrected chi connectivity index (χ4v) is 1.10. The third kappa shape index (κ3) is 8.21. The van der Waals surface area contributed by atoms with Crippen LogP contribution in [-0.4, -0.2) is 51.3 Å². The monoisotopic (exact) mass is 228 g/mol. The quantitative estimate of drug-likeness (QED) is 0.548. The van der Waals surface area contributed by atoms with E-state index in [0.717, 1.165) is 6.42 Å². The smallest absolute Gasteiger partial charge is 0.224 e. The van der Waals surface area contributed by atoms with Gasteiger partial charge in [0.2, 0.25) is 5.91 Å². The van der Waals surface area contributed by atoms with Gasteiger partial charge in [0.1, 0.15) is 0 Å². The van der Waals surface area contributed by atoms with Gasteiger partial charge < -0.3 is 14.4 Å². The average molecular weight is 228 g/mol. The summed E-state index contributed by atoms with van der Waals surface area (Å²) in [5, 5.41) is 8.37. The van der Waals surface area contributed by atoms with Crippen molar-refractivity contribution in [3.05, 3.63) is 0 Å². The van der Waals surface area contributed by atoms with Crippen LogP contribution in [0.5, 0.6) is 0 Å². The number of carbonyl (C=O) groups is 1. The van der Waals surface area contributed by atoms with E-state index < -0.39 is 0 Å². The van der Waals surface area contributed by atoms with Gasteiger partial charge in [-0.2, -0.15) is 5.26 Å². The Morgan fingerprint density at radius 2 is 2.12 bits per heavy atom. The first-order chi connectivity index (χ1) is 7.72. The van der Waals surface area contributed by atoms with Crippen LogP contribution in [-0.2, 0) is 14.3 Å². The third-order valence-electron chi connectivity index (χ3n) is 2.08. The van der Waals surface area contributed by atoms with E-state index in [1.54, 1.807) is 19.1 Å². The molecule has 0 atom stereocenters. The molecule has 0 unspecified atom stereocenters. The Morgan fingerprint density at radius 3 is 2.75 bits per heavy atom. The molecule has 16 heavy (non-hydrogen) atoms. The Hall–Kier alpha value is -1.12. The molecular formula is C11H20N2O3. The van der Waals surface area contributed by atoms with Crippen LogP contribution in [0, 0.1) is 11.3 Å². The largest absolute Gasteiger partial charge is 0.385 e. The zero-order chi connectivity index (χ0) is 12.2. The Kier molecular flexibility index (Phi) is 9.67. The maximum Gasteiger partial charge on any atom is 0.224 e. The summed E-state index contributed by atoms with van der Waals surface area (Å²) in [6.07, 6.45) is 1.58. The van der Waals surface area contributed by atoms with Crippen LogP contribution in [0.1, 0.15) is 19.3 Å². The van der Waals surface area contributed by atoms with E-state index >= 15 is 0 Å². The molecule has 0 bridgehead atoms. The maximum atomic E-state index is 11.4. The zero-order valence-corrected chi connectivity index (χ0v) is 10.1. The summed E-state index contributed by atoms with van der Waals surface area (Å²) < 4.78 is 10.1. The predicted octanol–water partition coefficient (Wildman–Crippen LogP) is 0.802. The molecule has 0 aliphatic rings. The number of hydrogen-bond acceptors (Lipinski definition) is 4. The van der Waals surface area contributed by atoms with Gasteiger partial charge in [0, 0.05) is 33.9 Å².